The summed E-state index contributed by atoms with van der Waals surface area (Å²) in [5, 5.41) is 6.24. The number of anilines is 1. The van der Waals surface area contributed by atoms with Gasteiger partial charge in [0.15, 0.2) is 11.5 Å². The van der Waals surface area contributed by atoms with E-state index in [2.05, 4.69) is 15.5 Å². The van der Waals surface area contributed by atoms with Gasteiger partial charge in [0.05, 0.1) is 0 Å². The summed E-state index contributed by atoms with van der Waals surface area (Å²) in [5.74, 6) is 0.414. The van der Waals surface area contributed by atoms with E-state index < -0.39 is 5.92 Å². The summed E-state index contributed by atoms with van der Waals surface area (Å²) in [5.41, 5.74) is 0.750. The third-order valence-electron chi connectivity index (χ3n) is 5.30. The molecule has 0 spiro atoms. The maximum Gasteiger partial charge on any atom is 0.239 e. The lowest BCUT2D eigenvalue weighted by atomic mass is 10.1. The summed E-state index contributed by atoms with van der Waals surface area (Å²) >= 11 is 0. The predicted octanol–water partition coefficient (Wildman–Crippen LogP) is 0.254. The number of halogens is 1. The molecule has 1 atom stereocenters. The largest absolute Gasteiger partial charge is 0.486 e. The molecule has 154 valence electrons. The molecule has 0 aliphatic carbocycles. The summed E-state index contributed by atoms with van der Waals surface area (Å²) in [6, 6.07) is 5.48. The van der Waals surface area contributed by atoms with Crippen molar-refractivity contribution in [2.75, 3.05) is 63.9 Å². The monoisotopic (exact) mass is 410 g/mol. The Labute approximate surface area is 170 Å². The molecule has 1 aromatic rings. The molecule has 4 rings (SSSR count). The number of nitrogens with zero attached hydrogens (tertiary/aromatic N) is 2. The number of carbonyl (C=O) groups is 2. The summed E-state index contributed by atoms with van der Waals surface area (Å²) in [6.07, 6.45) is 0.534. The third-order valence-corrected chi connectivity index (χ3v) is 5.30. The molecule has 1 unspecified atom stereocenters. The van der Waals surface area contributed by atoms with Crippen molar-refractivity contribution in [2.24, 2.45) is 5.92 Å². The SMILES string of the molecule is Cl.O=C(NCCN1CCNCC1)C1CCN(c2ccc3c(c2)OCCO3)C1=O. The number of benzene rings is 1. The number of hydrogen-bond acceptors (Lipinski definition) is 6. The van der Waals surface area contributed by atoms with Crippen LogP contribution < -0.4 is 25.0 Å². The lowest BCUT2D eigenvalue weighted by Crippen LogP contribution is -2.47. The summed E-state index contributed by atoms with van der Waals surface area (Å²) in [6.45, 7) is 6.93. The van der Waals surface area contributed by atoms with Crippen LogP contribution in [0.1, 0.15) is 6.42 Å². The van der Waals surface area contributed by atoms with Gasteiger partial charge in [-0.25, -0.2) is 0 Å². The van der Waals surface area contributed by atoms with Gasteiger partial charge in [0.1, 0.15) is 19.1 Å². The highest BCUT2D eigenvalue weighted by Crippen LogP contribution is 2.35. The maximum atomic E-state index is 12.8. The van der Waals surface area contributed by atoms with E-state index in [1.165, 1.54) is 0 Å². The van der Waals surface area contributed by atoms with Crippen molar-refractivity contribution in [1.82, 2.24) is 15.5 Å². The number of amides is 2. The highest BCUT2D eigenvalue weighted by atomic mass is 35.5. The van der Waals surface area contributed by atoms with Gasteiger partial charge in [-0.05, 0) is 18.6 Å². The molecular formula is C19H27ClN4O4. The minimum absolute atomic E-state index is 0. The molecule has 8 nitrogen and oxygen atoms in total. The van der Waals surface area contributed by atoms with E-state index in [-0.39, 0.29) is 24.2 Å². The zero-order valence-electron chi connectivity index (χ0n) is 15.8. The molecule has 2 amide bonds. The van der Waals surface area contributed by atoms with Crippen molar-refractivity contribution < 1.29 is 19.1 Å². The Hall–Kier alpha value is -2.03. The lowest BCUT2D eigenvalue weighted by Gasteiger charge is -2.27. The second-order valence-corrected chi connectivity index (χ2v) is 7.04. The number of ether oxygens (including phenoxy) is 2. The first-order valence-corrected chi connectivity index (χ1v) is 9.64. The van der Waals surface area contributed by atoms with E-state index in [0.717, 1.165) is 38.4 Å². The Morgan fingerprint density at radius 1 is 1.14 bits per heavy atom. The van der Waals surface area contributed by atoms with Crippen LogP contribution in [0.25, 0.3) is 0 Å². The molecule has 0 aromatic heterocycles. The van der Waals surface area contributed by atoms with Crippen LogP contribution in [-0.4, -0.2) is 75.7 Å². The van der Waals surface area contributed by atoms with Crippen LogP contribution in [0.5, 0.6) is 11.5 Å². The highest BCUT2D eigenvalue weighted by Gasteiger charge is 2.37. The average molecular weight is 411 g/mol. The van der Waals surface area contributed by atoms with Crippen LogP contribution in [0, 0.1) is 5.92 Å². The van der Waals surface area contributed by atoms with Crippen molar-refractivity contribution >= 4 is 29.9 Å². The van der Waals surface area contributed by atoms with Crippen molar-refractivity contribution in [3.8, 4) is 11.5 Å². The zero-order chi connectivity index (χ0) is 18.6. The smallest absolute Gasteiger partial charge is 0.239 e. The Balaban J connectivity index is 0.00000225. The molecule has 2 fully saturated rings. The number of rotatable bonds is 5. The Morgan fingerprint density at radius 3 is 2.68 bits per heavy atom. The summed E-state index contributed by atoms with van der Waals surface area (Å²) < 4.78 is 11.1. The van der Waals surface area contributed by atoms with Crippen LogP contribution >= 0.6 is 12.4 Å². The molecule has 0 saturated carbocycles. The van der Waals surface area contributed by atoms with E-state index in [4.69, 9.17) is 9.47 Å². The zero-order valence-corrected chi connectivity index (χ0v) is 16.6. The van der Waals surface area contributed by atoms with E-state index in [0.29, 0.717) is 44.2 Å². The molecule has 28 heavy (non-hydrogen) atoms. The van der Waals surface area contributed by atoms with Gasteiger partial charge in [0.25, 0.3) is 0 Å². The van der Waals surface area contributed by atoms with Gasteiger partial charge < -0.3 is 25.0 Å². The van der Waals surface area contributed by atoms with E-state index in [9.17, 15) is 9.59 Å². The fraction of sp³-hybridized carbons (Fsp3) is 0.579. The number of fused-ring (bicyclic) bond motifs is 1. The molecule has 0 radical (unpaired) electrons. The van der Waals surface area contributed by atoms with Gasteiger partial charge in [-0.2, -0.15) is 0 Å². The van der Waals surface area contributed by atoms with Gasteiger partial charge in [0.2, 0.25) is 11.8 Å². The quantitative estimate of drug-likeness (QED) is 0.677. The van der Waals surface area contributed by atoms with Crippen molar-refractivity contribution in [1.29, 1.82) is 0 Å². The van der Waals surface area contributed by atoms with Crippen molar-refractivity contribution in [2.45, 2.75) is 6.42 Å². The van der Waals surface area contributed by atoms with Crippen LogP contribution in [-0.2, 0) is 9.59 Å². The van der Waals surface area contributed by atoms with Gasteiger partial charge >= 0.3 is 0 Å². The summed E-state index contributed by atoms with van der Waals surface area (Å²) in [4.78, 5) is 29.2. The molecular weight excluding hydrogens is 384 g/mol. The number of nitrogens with one attached hydrogen (secondary N) is 2. The van der Waals surface area contributed by atoms with Gasteiger partial charge in [-0.15, -0.1) is 12.4 Å². The second-order valence-electron chi connectivity index (χ2n) is 7.04. The third kappa shape index (κ3) is 4.51. The molecule has 2 N–H and O–H groups in total. The molecule has 3 aliphatic rings. The first kappa shape index (κ1) is 20.7. The fourth-order valence-electron chi connectivity index (χ4n) is 3.77. The Morgan fingerprint density at radius 2 is 1.89 bits per heavy atom. The van der Waals surface area contributed by atoms with Crippen molar-refractivity contribution in [3.05, 3.63) is 18.2 Å². The maximum absolute atomic E-state index is 12.8. The average Bonchev–Trinajstić information content (AvgIpc) is 3.10. The number of hydrogen-bond donors (Lipinski definition) is 2. The van der Waals surface area contributed by atoms with Crippen LogP contribution in [0.15, 0.2) is 18.2 Å². The molecule has 9 heteroatoms. The second kappa shape index (κ2) is 9.45. The van der Waals surface area contributed by atoms with Crippen LogP contribution in [0.2, 0.25) is 0 Å². The molecule has 1 aromatic carbocycles. The van der Waals surface area contributed by atoms with Gasteiger partial charge in [0, 0.05) is 57.6 Å². The predicted molar refractivity (Wildman–Crippen MR) is 107 cm³/mol. The molecule has 3 aliphatic heterocycles. The normalized spacial score (nSPS) is 21.9. The molecule has 2 saturated heterocycles. The molecule has 0 bridgehead atoms. The van der Waals surface area contributed by atoms with E-state index >= 15 is 0 Å². The first-order chi connectivity index (χ1) is 13.2. The first-order valence-electron chi connectivity index (χ1n) is 9.64. The summed E-state index contributed by atoms with van der Waals surface area (Å²) in [7, 11) is 0. The van der Waals surface area contributed by atoms with Crippen molar-refractivity contribution in [3.63, 3.8) is 0 Å². The number of carbonyl (C=O) groups excluding carboxylic acids is 2. The van der Waals surface area contributed by atoms with Gasteiger partial charge in [-0.1, -0.05) is 0 Å². The highest BCUT2D eigenvalue weighted by molar-refractivity contribution is 6.09. The Bertz CT molecular complexity index is 711. The lowest BCUT2D eigenvalue weighted by molar-refractivity contribution is -0.132. The van der Waals surface area contributed by atoms with E-state index in [1.54, 1.807) is 4.90 Å². The minimum atomic E-state index is -0.610. The van der Waals surface area contributed by atoms with Crippen LogP contribution in [0.4, 0.5) is 5.69 Å². The fourth-order valence-corrected chi connectivity index (χ4v) is 3.77. The number of piperazine rings is 1. The van der Waals surface area contributed by atoms with Crippen LogP contribution in [0.3, 0.4) is 0 Å². The standard InChI is InChI=1S/C19H26N4O4.ClH/c24-18(21-6-10-22-8-4-20-5-9-22)15-3-7-23(19(15)25)14-1-2-16-17(13-14)27-12-11-26-16;/h1-2,13,15,20H,3-12H2,(H,21,24);1H. The Kier molecular flexibility index (Phi) is 6.98. The molecule has 3 heterocycles. The van der Waals surface area contributed by atoms with E-state index in [1.807, 2.05) is 18.2 Å². The topological polar surface area (TPSA) is 83.1 Å². The minimum Gasteiger partial charge on any atom is -0.486 e. The van der Waals surface area contributed by atoms with Gasteiger partial charge in [-0.3, -0.25) is 14.5 Å².